The van der Waals surface area contributed by atoms with Gasteiger partial charge in [0, 0.05) is 35.8 Å². The topological polar surface area (TPSA) is 66.2 Å². The van der Waals surface area contributed by atoms with Gasteiger partial charge < -0.3 is 15.2 Å². The fraction of sp³-hybridized carbons (Fsp3) is 0.0588. The molecule has 0 radical (unpaired) electrons. The van der Waals surface area contributed by atoms with E-state index >= 15 is 0 Å². The lowest BCUT2D eigenvalue weighted by Crippen LogP contribution is -2.21. The maximum absolute atomic E-state index is 9.57. The van der Waals surface area contributed by atoms with Gasteiger partial charge in [0.05, 0.1) is 5.71 Å². The summed E-state index contributed by atoms with van der Waals surface area (Å²) in [5, 5.41) is 12.7. The van der Waals surface area contributed by atoms with Crippen molar-refractivity contribution in [1.82, 2.24) is 5.32 Å². The third kappa shape index (κ3) is 3.52. The monoisotopic (exact) mass is 293 g/mol. The molecule has 1 aliphatic carbocycles. The second-order valence-corrected chi connectivity index (χ2v) is 4.65. The van der Waals surface area contributed by atoms with Crippen LogP contribution < -0.4 is 5.32 Å². The van der Waals surface area contributed by atoms with E-state index in [9.17, 15) is 5.11 Å². The van der Waals surface area contributed by atoms with Crippen molar-refractivity contribution in [3.05, 3.63) is 83.9 Å². The molecule has 0 saturated heterocycles. The number of hydrogen-bond acceptors (Lipinski definition) is 5. The molecule has 2 N–H and O–H groups in total. The van der Waals surface area contributed by atoms with E-state index in [1.54, 1.807) is 6.21 Å². The van der Waals surface area contributed by atoms with Crippen molar-refractivity contribution >= 4 is 11.9 Å². The van der Waals surface area contributed by atoms with E-state index in [0.29, 0.717) is 6.61 Å². The largest absolute Gasteiger partial charge is 0.505 e. The van der Waals surface area contributed by atoms with E-state index in [2.05, 4.69) is 15.3 Å². The van der Waals surface area contributed by atoms with E-state index in [0.717, 1.165) is 22.8 Å². The van der Waals surface area contributed by atoms with Crippen LogP contribution in [0.15, 0.2) is 93.9 Å². The zero-order chi connectivity index (χ0) is 15.2. The van der Waals surface area contributed by atoms with Gasteiger partial charge in [0.2, 0.25) is 0 Å². The average molecular weight is 293 g/mol. The minimum atomic E-state index is 0.00782. The van der Waals surface area contributed by atoms with Crippen LogP contribution in [-0.2, 0) is 4.74 Å². The van der Waals surface area contributed by atoms with Crippen molar-refractivity contribution in [1.29, 1.82) is 0 Å². The minimum Gasteiger partial charge on any atom is -0.505 e. The highest BCUT2D eigenvalue weighted by molar-refractivity contribution is 6.23. The first-order chi connectivity index (χ1) is 10.8. The first kappa shape index (κ1) is 13.9. The van der Waals surface area contributed by atoms with E-state index in [-0.39, 0.29) is 5.76 Å². The van der Waals surface area contributed by atoms with Gasteiger partial charge in [-0.25, -0.2) is 4.99 Å². The van der Waals surface area contributed by atoms with Crippen molar-refractivity contribution in [2.24, 2.45) is 9.98 Å². The fourth-order valence-corrected chi connectivity index (χ4v) is 1.90. The number of aliphatic hydroxyl groups excluding tert-OH is 1. The van der Waals surface area contributed by atoms with Crippen LogP contribution in [0.3, 0.4) is 0 Å². The molecule has 2 bridgehead atoms. The van der Waals surface area contributed by atoms with Crippen molar-refractivity contribution in [2.45, 2.75) is 0 Å². The van der Waals surface area contributed by atoms with Crippen LogP contribution in [0, 0.1) is 0 Å². The zero-order valence-electron chi connectivity index (χ0n) is 11.8. The van der Waals surface area contributed by atoms with Crippen LogP contribution in [0.1, 0.15) is 0 Å². The van der Waals surface area contributed by atoms with Crippen molar-refractivity contribution in [2.75, 3.05) is 6.61 Å². The van der Waals surface area contributed by atoms with E-state index in [1.807, 2.05) is 42.5 Å². The van der Waals surface area contributed by atoms with Crippen LogP contribution in [0.5, 0.6) is 0 Å². The van der Waals surface area contributed by atoms with E-state index < -0.39 is 0 Å². The molecule has 0 atom stereocenters. The first-order valence-electron chi connectivity index (χ1n) is 6.85. The summed E-state index contributed by atoms with van der Waals surface area (Å²) < 4.78 is 5.18. The molecule has 0 aromatic heterocycles. The van der Waals surface area contributed by atoms with Gasteiger partial charge in [-0.3, -0.25) is 4.99 Å². The Balaban J connectivity index is 1.84. The maximum atomic E-state index is 9.57. The van der Waals surface area contributed by atoms with Gasteiger partial charge in [0.15, 0.2) is 5.76 Å². The minimum absolute atomic E-state index is 0.00782. The molecule has 5 nitrogen and oxygen atoms in total. The predicted octanol–water partition coefficient (Wildman–Crippen LogP) is 2.82. The molecule has 0 saturated carbocycles. The number of fused-ring (bicyclic) bond motifs is 6. The van der Waals surface area contributed by atoms with Crippen molar-refractivity contribution in [3.8, 4) is 0 Å². The Morgan fingerprint density at radius 1 is 1.18 bits per heavy atom. The van der Waals surface area contributed by atoms with Crippen LogP contribution in [0.25, 0.3) is 0 Å². The molecule has 3 aliphatic heterocycles. The summed E-state index contributed by atoms with van der Waals surface area (Å²) in [6.45, 7) is 0.376. The summed E-state index contributed by atoms with van der Waals surface area (Å²) in [7, 11) is 0. The summed E-state index contributed by atoms with van der Waals surface area (Å²) in [6.07, 6.45) is 19.3. The van der Waals surface area contributed by atoms with Gasteiger partial charge in [-0.05, 0) is 18.2 Å². The number of aliphatic hydroxyl groups is 1. The molecule has 22 heavy (non-hydrogen) atoms. The maximum Gasteiger partial charge on any atom is 0.151 e. The molecular weight excluding hydrogens is 278 g/mol. The van der Waals surface area contributed by atoms with Crippen LogP contribution in [0.2, 0.25) is 0 Å². The number of nitrogens with one attached hydrogen (secondary N) is 1. The Kier molecular flexibility index (Phi) is 4.15. The molecule has 5 heteroatoms. The molecule has 0 spiro atoms. The van der Waals surface area contributed by atoms with Crippen molar-refractivity contribution in [3.63, 3.8) is 0 Å². The number of rotatable bonds is 0. The zero-order valence-corrected chi connectivity index (χ0v) is 11.8. The Hall–Kier alpha value is -3.08. The standard InChI is InChI=1S/C17H15N3O2/c21-15-7-8-18-11-13-4-3-6-16(13)20-17-10-14(19-17)5-1-2-9-22-12-15/h1-8,10-12,19,21H,9H2. The molecule has 4 aliphatic rings. The van der Waals surface area contributed by atoms with Gasteiger partial charge in [-0.2, -0.15) is 0 Å². The molecule has 0 unspecified atom stereocenters. The second-order valence-electron chi connectivity index (χ2n) is 4.65. The highest BCUT2D eigenvalue weighted by atomic mass is 16.5. The van der Waals surface area contributed by atoms with E-state index in [4.69, 9.17) is 4.74 Å². The average Bonchev–Trinajstić information content (AvgIpc) is 2.90. The summed E-state index contributed by atoms with van der Waals surface area (Å²) >= 11 is 0. The van der Waals surface area contributed by atoms with E-state index in [1.165, 1.54) is 18.5 Å². The lowest BCUT2D eigenvalue weighted by atomic mass is 10.2. The second kappa shape index (κ2) is 6.58. The normalized spacial score (nSPS) is 20.3. The third-order valence-corrected chi connectivity index (χ3v) is 2.98. The smallest absolute Gasteiger partial charge is 0.151 e. The predicted molar refractivity (Wildman–Crippen MR) is 87.4 cm³/mol. The molecule has 0 aromatic carbocycles. The lowest BCUT2D eigenvalue weighted by Gasteiger charge is -2.17. The Bertz CT molecular complexity index is 729. The highest BCUT2D eigenvalue weighted by Gasteiger charge is 2.12. The number of hydrogen-bond donors (Lipinski definition) is 2. The van der Waals surface area contributed by atoms with Crippen LogP contribution >= 0.6 is 0 Å². The fourth-order valence-electron chi connectivity index (χ4n) is 1.90. The number of aliphatic imine (C=N–C) groups is 2. The Labute approximate surface area is 128 Å². The van der Waals surface area contributed by atoms with Gasteiger partial charge in [0.25, 0.3) is 0 Å². The number of allylic oxidation sites excluding steroid dienone is 8. The Morgan fingerprint density at radius 3 is 3.00 bits per heavy atom. The lowest BCUT2D eigenvalue weighted by molar-refractivity contribution is 0.266. The summed E-state index contributed by atoms with van der Waals surface area (Å²) in [5.41, 5.74) is 2.74. The van der Waals surface area contributed by atoms with Gasteiger partial charge in [-0.1, -0.05) is 18.2 Å². The highest BCUT2D eigenvalue weighted by Crippen LogP contribution is 2.16. The summed E-state index contributed by atoms with van der Waals surface area (Å²) in [4.78, 5) is 8.65. The SMILES string of the molecule is OC1=COCC=CC=C2C=C(N=C3C=CC=C3C=NC=C1)N2. The van der Waals surface area contributed by atoms with Gasteiger partial charge in [0.1, 0.15) is 18.7 Å². The van der Waals surface area contributed by atoms with Gasteiger partial charge in [-0.15, -0.1) is 0 Å². The molecule has 0 amide bonds. The molecule has 0 aromatic rings. The van der Waals surface area contributed by atoms with Crippen LogP contribution in [-0.4, -0.2) is 23.6 Å². The van der Waals surface area contributed by atoms with Gasteiger partial charge >= 0.3 is 0 Å². The molecule has 110 valence electrons. The number of nitrogens with zero attached hydrogens (tertiary/aromatic N) is 2. The number of ether oxygens (including phenoxy) is 1. The Morgan fingerprint density at radius 2 is 2.09 bits per heavy atom. The molecular formula is C17H15N3O2. The van der Waals surface area contributed by atoms with Crippen molar-refractivity contribution < 1.29 is 9.84 Å². The summed E-state index contributed by atoms with van der Waals surface area (Å²) in [6, 6.07) is 0. The molecule has 3 heterocycles. The molecule has 4 rings (SSSR count). The molecule has 0 fully saturated rings. The third-order valence-electron chi connectivity index (χ3n) is 2.98. The first-order valence-corrected chi connectivity index (χ1v) is 6.85. The summed E-state index contributed by atoms with van der Waals surface area (Å²) in [5.74, 6) is 0.823. The quantitative estimate of drug-likeness (QED) is 0.721. The van der Waals surface area contributed by atoms with Crippen LogP contribution in [0.4, 0.5) is 0 Å².